The molecule has 0 spiro atoms. The van der Waals surface area contributed by atoms with E-state index >= 15 is 0 Å². The molecule has 3 N–H and O–H groups in total. The number of aliphatic hydroxyl groups is 1. The predicted molar refractivity (Wildman–Crippen MR) is 125 cm³/mol. The molecule has 1 aliphatic rings. The maximum Gasteiger partial charge on any atom is 0.408 e. The SMILES string of the molecule is CN/C=C(\C(=O)c1ccc(C2(NC(=O)OC(C)(C)C)CC(C)(O)C2)cc1)c1ccccc1. The third-order valence-electron chi connectivity index (χ3n) is 5.42. The van der Waals surface area contributed by atoms with Gasteiger partial charge in [-0.2, -0.15) is 0 Å². The van der Waals surface area contributed by atoms with Crippen LogP contribution in [0.4, 0.5) is 4.79 Å². The minimum atomic E-state index is -0.875. The van der Waals surface area contributed by atoms with Crippen LogP contribution in [0, 0.1) is 0 Å². The summed E-state index contributed by atoms with van der Waals surface area (Å²) < 4.78 is 5.43. The summed E-state index contributed by atoms with van der Waals surface area (Å²) in [6.07, 6.45) is 1.89. The number of ether oxygens (including phenoxy) is 1. The van der Waals surface area contributed by atoms with Gasteiger partial charge in [0.05, 0.1) is 11.1 Å². The highest BCUT2D eigenvalue weighted by atomic mass is 16.6. The predicted octanol–water partition coefficient (Wildman–Crippen LogP) is 4.39. The Morgan fingerprint density at radius 2 is 1.59 bits per heavy atom. The normalized spacial score (nSPS) is 23.1. The molecule has 2 aromatic rings. The molecule has 0 atom stereocenters. The molecule has 0 unspecified atom stereocenters. The van der Waals surface area contributed by atoms with Crippen molar-refractivity contribution in [2.75, 3.05) is 7.05 Å². The summed E-state index contributed by atoms with van der Waals surface area (Å²) in [5, 5.41) is 16.3. The molecule has 6 nitrogen and oxygen atoms in total. The maximum absolute atomic E-state index is 13.2. The van der Waals surface area contributed by atoms with Crippen LogP contribution >= 0.6 is 0 Å². The zero-order valence-corrected chi connectivity index (χ0v) is 19.4. The van der Waals surface area contributed by atoms with Crippen molar-refractivity contribution < 1.29 is 19.4 Å². The van der Waals surface area contributed by atoms with E-state index < -0.39 is 22.8 Å². The van der Waals surface area contributed by atoms with Gasteiger partial charge in [-0.15, -0.1) is 0 Å². The lowest BCUT2D eigenvalue weighted by Crippen LogP contribution is -2.62. The Morgan fingerprint density at radius 1 is 1.00 bits per heavy atom. The number of ketones is 1. The second kappa shape index (κ2) is 8.79. The summed E-state index contributed by atoms with van der Waals surface area (Å²) in [6, 6.07) is 16.7. The Hall–Kier alpha value is -3.12. The summed E-state index contributed by atoms with van der Waals surface area (Å²) in [6.45, 7) is 7.16. The highest BCUT2D eigenvalue weighted by molar-refractivity contribution is 6.28. The van der Waals surface area contributed by atoms with Crippen LogP contribution in [0.1, 0.15) is 62.0 Å². The Bertz CT molecular complexity index is 994. The number of benzene rings is 2. The van der Waals surface area contributed by atoms with E-state index in [1.54, 1.807) is 53.1 Å². The van der Waals surface area contributed by atoms with Crippen molar-refractivity contribution in [2.24, 2.45) is 0 Å². The van der Waals surface area contributed by atoms with Crippen molar-refractivity contribution in [2.45, 2.75) is 57.3 Å². The number of nitrogens with one attached hydrogen (secondary N) is 2. The van der Waals surface area contributed by atoms with Crippen LogP contribution in [0.15, 0.2) is 60.8 Å². The summed E-state index contributed by atoms with van der Waals surface area (Å²) in [5.41, 5.74) is 0.517. The van der Waals surface area contributed by atoms with Gasteiger partial charge in [0.1, 0.15) is 5.60 Å². The molecular formula is C26H32N2O4. The van der Waals surface area contributed by atoms with Crippen molar-refractivity contribution in [1.29, 1.82) is 0 Å². The van der Waals surface area contributed by atoms with E-state index in [2.05, 4.69) is 10.6 Å². The lowest BCUT2D eigenvalue weighted by atomic mass is 9.62. The number of carbonyl (C=O) groups is 2. The van der Waals surface area contributed by atoms with Crippen molar-refractivity contribution in [3.05, 3.63) is 77.5 Å². The quantitative estimate of drug-likeness (QED) is 0.462. The molecule has 1 fully saturated rings. The fraction of sp³-hybridized carbons (Fsp3) is 0.385. The third-order valence-corrected chi connectivity index (χ3v) is 5.42. The first-order chi connectivity index (χ1) is 14.9. The van der Waals surface area contributed by atoms with Crippen molar-refractivity contribution in [3.63, 3.8) is 0 Å². The fourth-order valence-corrected chi connectivity index (χ4v) is 4.25. The van der Waals surface area contributed by atoms with Gasteiger partial charge in [0, 0.05) is 37.2 Å². The van der Waals surface area contributed by atoms with Crippen LogP contribution in [0.5, 0.6) is 0 Å². The minimum Gasteiger partial charge on any atom is -0.444 e. The largest absolute Gasteiger partial charge is 0.444 e. The van der Waals surface area contributed by atoms with Gasteiger partial charge in [-0.05, 0) is 38.8 Å². The topological polar surface area (TPSA) is 87.7 Å². The van der Waals surface area contributed by atoms with Crippen LogP contribution in [0.2, 0.25) is 0 Å². The van der Waals surface area contributed by atoms with Gasteiger partial charge in [-0.25, -0.2) is 4.79 Å². The van der Waals surface area contributed by atoms with Crippen molar-refractivity contribution in [1.82, 2.24) is 10.6 Å². The zero-order valence-electron chi connectivity index (χ0n) is 19.4. The number of hydrogen-bond acceptors (Lipinski definition) is 5. The average molecular weight is 437 g/mol. The molecule has 0 aliphatic heterocycles. The first-order valence-corrected chi connectivity index (χ1v) is 10.8. The number of allylic oxidation sites excluding steroid dienone is 1. The summed E-state index contributed by atoms with van der Waals surface area (Å²) >= 11 is 0. The van der Waals surface area contributed by atoms with E-state index in [-0.39, 0.29) is 5.78 Å². The Labute approximate surface area is 189 Å². The average Bonchev–Trinajstić information content (AvgIpc) is 2.69. The first-order valence-electron chi connectivity index (χ1n) is 10.8. The lowest BCUT2D eigenvalue weighted by molar-refractivity contribution is -0.0892. The number of Topliss-reactive ketones (excluding diaryl/α,β-unsaturated/α-hetero) is 1. The molecule has 1 saturated carbocycles. The summed E-state index contributed by atoms with van der Waals surface area (Å²) in [5.74, 6) is -0.105. The molecule has 1 aliphatic carbocycles. The monoisotopic (exact) mass is 436 g/mol. The van der Waals surface area contributed by atoms with Crippen LogP contribution in [-0.4, -0.2) is 35.2 Å². The highest BCUT2D eigenvalue weighted by Crippen LogP contribution is 2.48. The Morgan fingerprint density at radius 3 is 2.09 bits per heavy atom. The summed E-state index contributed by atoms with van der Waals surface area (Å²) in [4.78, 5) is 25.6. The van der Waals surface area contributed by atoms with E-state index in [0.717, 1.165) is 11.1 Å². The number of rotatable bonds is 6. The number of hydrogen-bond donors (Lipinski definition) is 3. The van der Waals surface area contributed by atoms with Gasteiger partial charge in [-0.1, -0.05) is 54.6 Å². The van der Waals surface area contributed by atoms with Gasteiger partial charge < -0.3 is 20.5 Å². The number of carbonyl (C=O) groups excluding carboxylic acids is 2. The van der Waals surface area contributed by atoms with E-state index in [9.17, 15) is 14.7 Å². The molecule has 0 heterocycles. The molecule has 0 radical (unpaired) electrons. The molecule has 32 heavy (non-hydrogen) atoms. The van der Waals surface area contributed by atoms with Crippen LogP contribution in [-0.2, 0) is 10.3 Å². The van der Waals surface area contributed by atoms with Crippen LogP contribution < -0.4 is 10.6 Å². The fourth-order valence-electron chi connectivity index (χ4n) is 4.25. The molecule has 3 rings (SSSR count). The minimum absolute atomic E-state index is 0.105. The van der Waals surface area contributed by atoms with E-state index in [0.29, 0.717) is 24.0 Å². The first kappa shape index (κ1) is 23.5. The van der Waals surface area contributed by atoms with Crippen LogP contribution in [0.25, 0.3) is 5.57 Å². The van der Waals surface area contributed by atoms with Gasteiger partial charge >= 0.3 is 6.09 Å². The van der Waals surface area contributed by atoms with Crippen molar-refractivity contribution >= 4 is 17.4 Å². The van der Waals surface area contributed by atoms with Gasteiger partial charge in [-0.3, -0.25) is 4.79 Å². The molecule has 0 saturated heterocycles. The van der Waals surface area contributed by atoms with Gasteiger partial charge in [0.2, 0.25) is 0 Å². The molecule has 6 heteroatoms. The molecule has 0 aromatic heterocycles. The van der Waals surface area contributed by atoms with Gasteiger partial charge in [0.15, 0.2) is 5.78 Å². The number of amides is 1. The van der Waals surface area contributed by atoms with Crippen molar-refractivity contribution in [3.8, 4) is 0 Å². The maximum atomic E-state index is 13.2. The lowest BCUT2D eigenvalue weighted by Gasteiger charge is -2.52. The third kappa shape index (κ3) is 5.37. The molecule has 2 aromatic carbocycles. The molecule has 170 valence electrons. The second-order valence-corrected chi connectivity index (χ2v) is 9.68. The van der Waals surface area contributed by atoms with Crippen LogP contribution in [0.3, 0.4) is 0 Å². The second-order valence-electron chi connectivity index (χ2n) is 9.68. The standard InChI is InChI=1S/C26H32N2O4/c1-24(2,3)32-23(30)28-26(16-25(4,31)17-26)20-13-11-19(12-14-20)22(29)21(15-27-5)18-9-7-6-8-10-18/h6-15,27,31H,16-17H2,1-5H3,(H,28,30)/b21-15-. The smallest absolute Gasteiger partial charge is 0.408 e. The van der Waals surface area contributed by atoms with E-state index in [1.165, 1.54) is 0 Å². The highest BCUT2D eigenvalue weighted by Gasteiger charge is 2.53. The molecule has 0 bridgehead atoms. The number of alkyl carbamates (subject to hydrolysis) is 1. The molecule has 1 amide bonds. The summed E-state index contributed by atoms with van der Waals surface area (Å²) in [7, 11) is 1.76. The Kier molecular flexibility index (Phi) is 6.46. The Balaban J connectivity index is 1.85. The zero-order chi connectivity index (χ0) is 23.6. The van der Waals surface area contributed by atoms with Gasteiger partial charge in [0.25, 0.3) is 0 Å². The molecular weight excluding hydrogens is 404 g/mol. The van der Waals surface area contributed by atoms with E-state index in [4.69, 9.17) is 4.74 Å². The van der Waals surface area contributed by atoms with E-state index in [1.807, 2.05) is 42.5 Å².